The molecule has 0 aromatic rings. The van der Waals surface area contributed by atoms with Crippen molar-refractivity contribution in [3.63, 3.8) is 0 Å². The molecule has 1 aliphatic carbocycles. The summed E-state index contributed by atoms with van der Waals surface area (Å²) in [4.78, 5) is 0. The van der Waals surface area contributed by atoms with E-state index in [1.54, 1.807) is 0 Å². The van der Waals surface area contributed by atoms with Crippen LogP contribution in [0.2, 0.25) is 0 Å². The number of rotatable bonds is 2. The lowest BCUT2D eigenvalue weighted by atomic mass is 9.79. The van der Waals surface area contributed by atoms with Gasteiger partial charge < -0.3 is 0 Å². The molecule has 1 saturated carbocycles. The molecule has 0 spiro atoms. The zero-order valence-electron chi connectivity index (χ0n) is 8.85. The van der Waals surface area contributed by atoms with Crippen molar-refractivity contribution >= 4 is 11.6 Å². The van der Waals surface area contributed by atoms with Crippen LogP contribution in [0, 0.1) is 11.8 Å². The van der Waals surface area contributed by atoms with E-state index in [0.29, 0.717) is 12.8 Å². The van der Waals surface area contributed by atoms with Crippen molar-refractivity contribution in [1.82, 2.24) is 0 Å². The highest BCUT2D eigenvalue weighted by atomic mass is 35.5. The highest BCUT2D eigenvalue weighted by Crippen LogP contribution is 2.37. The Morgan fingerprint density at radius 2 is 1.87 bits per heavy atom. The van der Waals surface area contributed by atoms with Crippen LogP contribution in [0.1, 0.15) is 33.1 Å². The molecule has 3 atom stereocenters. The summed E-state index contributed by atoms with van der Waals surface area (Å²) < 4.78 is 40.6. The smallest absolute Gasteiger partial charge is 0.288 e. The van der Waals surface area contributed by atoms with Crippen molar-refractivity contribution in [2.75, 3.05) is 0 Å². The van der Waals surface area contributed by atoms with Gasteiger partial charge in [0.1, 0.15) is 0 Å². The molecule has 1 fully saturated rings. The Bertz CT molecular complexity index is 205. The second-order valence-corrected chi connectivity index (χ2v) is 5.04. The van der Waals surface area contributed by atoms with E-state index >= 15 is 0 Å². The van der Waals surface area contributed by atoms with Crippen molar-refractivity contribution in [1.29, 1.82) is 0 Å². The molecule has 0 aromatic heterocycles. The summed E-state index contributed by atoms with van der Waals surface area (Å²) in [5, 5.41) is -0.188. The van der Waals surface area contributed by atoms with E-state index in [1.807, 2.05) is 13.8 Å². The van der Waals surface area contributed by atoms with Crippen molar-refractivity contribution in [2.45, 2.75) is 51.0 Å². The van der Waals surface area contributed by atoms with Crippen molar-refractivity contribution in [2.24, 2.45) is 11.8 Å². The van der Waals surface area contributed by atoms with E-state index in [-0.39, 0.29) is 17.2 Å². The van der Waals surface area contributed by atoms with E-state index < -0.39 is 12.5 Å². The number of alkyl halides is 4. The normalized spacial score (nSPS) is 33.4. The first-order valence-corrected chi connectivity index (χ1v) is 5.62. The lowest BCUT2D eigenvalue weighted by Gasteiger charge is -2.36. The third-order valence-electron chi connectivity index (χ3n) is 2.92. The molecule has 1 nitrogen and oxygen atoms in total. The van der Waals surface area contributed by atoms with E-state index in [9.17, 15) is 13.2 Å². The van der Waals surface area contributed by atoms with Gasteiger partial charge >= 0.3 is 6.36 Å². The van der Waals surface area contributed by atoms with Crippen LogP contribution in [0.3, 0.4) is 0 Å². The van der Waals surface area contributed by atoms with Crippen LogP contribution >= 0.6 is 11.6 Å². The molecule has 0 radical (unpaired) electrons. The third-order valence-corrected chi connectivity index (χ3v) is 3.32. The van der Waals surface area contributed by atoms with Crippen LogP contribution in [-0.2, 0) is 4.74 Å². The van der Waals surface area contributed by atoms with Gasteiger partial charge in [-0.2, -0.15) is 0 Å². The lowest BCUT2D eigenvalue weighted by molar-refractivity contribution is -0.352. The molecule has 0 aromatic carbocycles. The van der Waals surface area contributed by atoms with Crippen LogP contribution in [0.5, 0.6) is 0 Å². The fourth-order valence-corrected chi connectivity index (χ4v) is 2.48. The maximum Gasteiger partial charge on any atom is 0.522 e. The lowest BCUT2D eigenvalue weighted by Crippen LogP contribution is -2.38. The molecule has 0 saturated heterocycles. The molecule has 0 amide bonds. The quantitative estimate of drug-likeness (QED) is 0.668. The predicted octanol–water partition coefficient (Wildman–Crippen LogP) is 3.95. The van der Waals surface area contributed by atoms with Gasteiger partial charge in [0, 0.05) is 5.38 Å². The maximum atomic E-state index is 12.1. The van der Waals surface area contributed by atoms with Crippen molar-refractivity contribution in [3.8, 4) is 0 Å². The number of hydrogen-bond acceptors (Lipinski definition) is 1. The third kappa shape index (κ3) is 4.19. The Balaban J connectivity index is 2.62. The summed E-state index contributed by atoms with van der Waals surface area (Å²) in [6.45, 7) is 3.85. The second kappa shape index (κ2) is 4.91. The summed E-state index contributed by atoms with van der Waals surface area (Å²) in [7, 11) is 0. The molecule has 0 bridgehead atoms. The molecule has 3 unspecified atom stereocenters. The van der Waals surface area contributed by atoms with E-state index in [4.69, 9.17) is 11.6 Å². The van der Waals surface area contributed by atoms with Crippen LogP contribution in [0.4, 0.5) is 13.2 Å². The molecular weight excluding hydrogens is 229 g/mol. The number of halogens is 4. The fraction of sp³-hybridized carbons (Fsp3) is 1.00. The molecule has 1 rings (SSSR count). The minimum absolute atomic E-state index is 0.0402. The van der Waals surface area contributed by atoms with Gasteiger partial charge in [-0.25, -0.2) is 0 Å². The first-order chi connectivity index (χ1) is 6.79. The summed E-state index contributed by atoms with van der Waals surface area (Å²) in [5.74, 6) is 0.156. The van der Waals surface area contributed by atoms with E-state index in [1.165, 1.54) is 0 Å². The monoisotopic (exact) mass is 244 g/mol. The van der Waals surface area contributed by atoms with Gasteiger partial charge in [0.05, 0.1) is 6.10 Å². The molecule has 5 heteroatoms. The largest absolute Gasteiger partial charge is 0.522 e. The molecule has 0 N–H and O–H groups in total. The van der Waals surface area contributed by atoms with Crippen molar-refractivity contribution < 1.29 is 17.9 Å². The van der Waals surface area contributed by atoms with Crippen LogP contribution in [-0.4, -0.2) is 17.8 Å². The van der Waals surface area contributed by atoms with Crippen molar-refractivity contribution in [3.05, 3.63) is 0 Å². The number of ether oxygens (including phenoxy) is 1. The van der Waals surface area contributed by atoms with Crippen LogP contribution in [0.25, 0.3) is 0 Å². The van der Waals surface area contributed by atoms with Gasteiger partial charge in [-0.1, -0.05) is 13.8 Å². The Labute approximate surface area is 92.9 Å². The first-order valence-electron chi connectivity index (χ1n) is 5.18. The minimum Gasteiger partial charge on any atom is -0.288 e. The zero-order chi connectivity index (χ0) is 11.6. The van der Waals surface area contributed by atoms with Gasteiger partial charge in [-0.3, -0.25) is 4.74 Å². The first kappa shape index (κ1) is 13.1. The maximum absolute atomic E-state index is 12.1. The van der Waals surface area contributed by atoms with Crippen LogP contribution < -0.4 is 0 Å². The standard InChI is InChI=1S/C10H16ClF3O/c1-6(2)8-4-3-7(11)5-9(8)15-10(12,13)14/h6-9H,3-5H2,1-2H3. The highest BCUT2D eigenvalue weighted by molar-refractivity contribution is 6.20. The predicted molar refractivity (Wildman–Crippen MR) is 52.7 cm³/mol. The molecular formula is C10H16ClF3O. The summed E-state index contributed by atoms with van der Waals surface area (Å²) in [6, 6.07) is 0. The Kier molecular flexibility index (Phi) is 4.29. The Morgan fingerprint density at radius 1 is 1.27 bits per heavy atom. The van der Waals surface area contributed by atoms with Gasteiger partial charge in [-0.05, 0) is 31.1 Å². The summed E-state index contributed by atoms with van der Waals surface area (Å²) >= 11 is 5.86. The van der Waals surface area contributed by atoms with Gasteiger partial charge in [0.15, 0.2) is 0 Å². The molecule has 90 valence electrons. The number of hydrogen-bond donors (Lipinski definition) is 0. The fourth-order valence-electron chi connectivity index (χ4n) is 2.17. The topological polar surface area (TPSA) is 9.23 Å². The summed E-state index contributed by atoms with van der Waals surface area (Å²) in [6.07, 6.45) is -3.54. The molecule has 1 aliphatic rings. The second-order valence-electron chi connectivity index (χ2n) is 4.42. The van der Waals surface area contributed by atoms with Crippen LogP contribution in [0.15, 0.2) is 0 Å². The van der Waals surface area contributed by atoms with Gasteiger partial charge in [0.2, 0.25) is 0 Å². The molecule has 15 heavy (non-hydrogen) atoms. The average molecular weight is 245 g/mol. The average Bonchev–Trinajstić information content (AvgIpc) is 1.99. The molecule has 0 heterocycles. The zero-order valence-corrected chi connectivity index (χ0v) is 9.61. The highest BCUT2D eigenvalue weighted by Gasteiger charge is 2.40. The Hall–Kier alpha value is 0.0400. The molecule has 0 aliphatic heterocycles. The van der Waals surface area contributed by atoms with E-state index in [2.05, 4.69) is 4.74 Å². The van der Waals surface area contributed by atoms with E-state index in [0.717, 1.165) is 6.42 Å². The SMILES string of the molecule is CC(C)C1CCC(Cl)CC1OC(F)(F)F. The Morgan fingerprint density at radius 3 is 2.33 bits per heavy atom. The summed E-state index contributed by atoms with van der Waals surface area (Å²) in [5.41, 5.74) is 0. The minimum atomic E-state index is -4.55. The van der Waals surface area contributed by atoms with Gasteiger partial charge in [-0.15, -0.1) is 24.8 Å². The van der Waals surface area contributed by atoms with Gasteiger partial charge in [0.25, 0.3) is 0 Å².